The van der Waals surface area contributed by atoms with Gasteiger partial charge in [0, 0.05) is 6.54 Å². The molecule has 0 spiro atoms. The fraction of sp³-hybridized carbons (Fsp3) is 0.941. The van der Waals surface area contributed by atoms with Gasteiger partial charge in [-0.2, -0.15) is 0 Å². The number of rotatable bonds is 13. The lowest BCUT2D eigenvalue weighted by molar-refractivity contribution is -0.120. The highest BCUT2D eigenvalue weighted by Crippen LogP contribution is 2.08. The van der Waals surface area contributed by atoms with Crippen LogP contribution in [0.25, 0.3) is 0 Å². The van der Waals surface area contributed by atoms with Crippen molar-refractivity contribution in [1.82, 2.24) is 10.2 Å². The standard InChI is InChI=1S/C17H37N3O/c1-6-10-19-16(17(18)21)9-13-20(11-7-14(2)3)12-8-15(4)5/h14-16,19H,6-13H2,1-5H3,(H2,18,21). The Hall–Kier alpha value is -0.610. The van der Waals surface area contributed by atoms with Crippen LogP contribution in [-0.2, 0) is 4.79 Å². The number of nitrogens with one attached hydrogen (secondary N) is 1. The molecule has 0 aliphatic carbocycles. The lowest BCUT2D eigenvalue weighted by Crippen LogP contribution is -2.44. The van der Waals surface area contributed by atoms with Gasteiger partial charge in [-0.15, -0.1) is 0 Å². The van der Waals surface area contributed by atoms with Crippen molar-refractivity contribution in [1.29, 1.82) is 0 Å². The molecule has 21 heavy (non-hydrogen) atoms. The maximum Gasteiger partial charge on any atom is 0.234 e. The number of carbonyl (C=O) groups excluding carboxylic acids is 1. The number of nitrogens with zero attached hydrogens (tertiary/aromatic N) is 1. The Morgan fingerprint density at radius 2 is 1.48 bits per heavy atom. The van der Waals surface area contributed by atoms with Crippen LogP contribution in [0.4, 0.5) is 0 Å². The van der Waals surface area contributed by atoms with Gasteiger partial charge in [0.05, 0.1) is 6.04 Å². The van der Waals surface area contributed by atoms with Crippen molar-refractivity contribution in [3.63, 3.8) is 0 Å². The maximum absolute atomic E-state index is 11.5. The minimum absolute atomic E-state index is 0.189. The predicted molar refractivity (Wildman–Crippen MR) is 91.2 cm³/mol. The van der Waals surface area contributed by atoms with E-state index in [-0.39, 0.29) is 11.9 Å². The topological polar surface area (TPSA) is 58.4 Å². The van der Waals surface area contributed by atoms with Crippen LogP contribution in [0, 0.1) is 11.8 Å². The molecule has 4 nitrogen and oxygen atoms in total. The van der Waals surface area contributed by atoms with E-state index in [4.69, 9.17) is 5.73 Å². The predicted octanol–water partition coefficient (Wildman–Crippen LogP) is 2.62. The van der Waals surface area contributed by atoms with Crippen molar-refractivity contribution < 1.29 is 4.79 Å². The summed E-state index contributed by atoms with van der Waals surface area (Å²) in [7, 11) is 0. The van der Waals surface area contributed by atoms with Gasteiger partial charge in [0.1, 0.15) is 0 Å². The molecule has 0 saturated heterocycles. The Morgan fingerprint density at radius 3 is 1.86 bits per heavy atom. The maximum atomic E-state index is 11.5. The molecule has 0 aliphatic heterocycles. The molecule has 0 heterocycles. The summed E-state index contributed by atoms with van der Waals surface area (Å²) in [6.45, 7) is 15.2. The van der Waals surface area contributed by atoms with E-state index < -0.39 is 0 Å². The second kappa shape index (κ2) is 12.0. The Labute approximate surface area is 131 Å². The number of carbonyl (C=O) groups is 1. The Balaban J connectivity index is 4.30. The quantitative estimate of drug-likeness (QED) is 0.549. The third-order valence-corrected chi connectivity index (χ3v) is 3.76. The van der Waals surface area contributed by atoms with Gasteiger partial charge in [-0.05, 0) is 57.2 Å². The first-order valence-electron chi connectivity index (χ1n) is 8.61. The van der Waals surface area contributed by atoms with Gasteiger partial charge in [0.15, 0.2) is 0 Å². The molecule has 0 saturated carbocycles. The molecular formula is C17H37N3O. The van der Waals surface area contributed by atoms with Crippen LogP contribution < -0.4 is 11.1 Å². The smallest absolute Gasteiger partial charge is 0.234 e. The number of primary amides is 1. The molecule has 3 N–H and O–H groups in total. The molecule has 4 heteroatoms. The van der Waals surface area contributed by atoms with E-state index >= 15 is 0 Å². The van der Waals surface area contributed by atoms with Gasteiger partial charge in [0.25, 0.3) is 0 Å². The minimum Gasteiger partial charge on any atom is -0.368 e. The van der Waals surface area contributed by atoms with E-state index in [0.29, 0.717) is 0 Å². The molecule has 1 amide bonds. The number of hydrogen-bond donors (Lipinski definition) is 2. The second-order valence-corrected chi connectivity index (χ2v) is 6.90. The van der Waals surface area contributed by atoms with Gasteiger partial charge in [-0.25, -0.2) is 0 Å². The normalized spacial score (nSPS) is 13.3. The van der Waals surface area contributed by atoms with Crippen molar-refractivity contribution in [2.24, 2.45) is 17.6 Å². The van der Waals surface area contributed by atoms with Gasteiger partial charge in [-0.1, -0.05) is 34.6 Å². The van der Waals surface area contributed by atoms with Crippen molar-refractivity contribution in [3.05, 3.63) is 0 Å². The molecule has 0 aromatic heterocycles. The van der Waals surface area contributed by atoms with E-state index in [1.54, 1.807) is 0 Å². The fourth-order valence-electron chi connectivity index (χ4n) is 2.19. The van der Waals surface area contributed by atoms with Crippen molar-refractivity contribution >= 4 is 5.91 Å². The van der Waals surface area contributed by atoms with Crippen molar-refractivity contribution in [3.8, 4) is 0 Å². The average Bonchev–Trinajstić information content (AvgIpc) is 2.39. The largest absolute Gasteiger partial charge is 0.368 e. The van der Waals surface area contributed by atoms with Gasteiger partial charge >= 0.3 is 0 Å². The van der Waals surface area contributed by atoms with Crippen LogP contribution in [0.15, 0.2) is 0 Å². The molecule has 0 rings (SSSR count). The molecule has 0 bridgehead atoms. The highest BCUT2D eigenvalue weighted by atomic mass is 16.1. The second-order valence-electron chi connectivity index (χ2n) is 6.90. The number of amides is 1. The summed E-state index contributed by atoms with van der Waals surface area (Å²) >= 11 is 0. The van der Waals surface area contributed by atoms with Crippen molar-refractivity contribution in [2.75, 3.05) is 26.2 Å². The molecule has 0 aromatic carbocycles. The van der Waals surface area contributed by atoms with Crippen LogP contribution in [0.5, 0.6) is 0 Å². The monoisotopic (exact) mass is 299 g/mol. The summed E-state index contributed by atoms with van der Waals surface area (Å²) < 4.78 is 0. The summed E-state index contributed by atoms with van der Waals surface area (Å²) in [6.07, 6.45) is 4.25. The van der Waals surface area contributed by atoms with Crippen LogP contribution in [0.2, 0.25) is 0 Å². The van der Waals surface area contributed by atoms with E-state index in [1.165, 1.54) is 12.8 Å². The fourth-order valence-corrected chi connectivity index (χ4v) is 2.19. The SMILES string of the molecule is CCCNC(CCN(CCC(C)C)CCC(C)C)C(N)=O. The Morgan fingerprint density at radius 1 is 1.00 bits per heavy atom. The average molecular weight is 300 g/mol. The van der Waals surface area contributed by atoms with Crippen LogP contribution in [0.3, 0.4) is 0 Å². The zero-order chi connectivity index (χ0) is 16.3. The molecular weight excluding hydrogens is 262 g/mol. The molecule has 0 fully saturated rings. The van der Waals surface area contributed by atoms with E-state index in [1.807, 2.05) is 0 Å². The molecule has 126 valence electrons. The van der Waals surface area contributed by atoms with Crippen LogP contribution in [0.1, 0.15) is 60.3 Å². The molecule has 0 aromatic rings. The summed E-state index contributed by atoms with van der Waals surface area (Å²) in [6, 6.07) is -0.189. The van der Waals surface area contributed by atoms with Gasteiger partial charge in [0.2, 0.25) is 5.91 Å². The first-order chi connectivity index (χ1) is 9.86. The number of nitrogens with two attached hydrogens (primary N) is 1. The minimum atomic E-state index is -0.226. The van der Waals surface area contributed by atoms with Crippen molar-refractivity contribution in [2.45, 2.75) is 66.3 Å². The molecule has 1 atom stereocenters. The lowest BCUT2D eigenvalue weighted by Gasteiger charge is -2.26. The third kappa shape index (κ3) is 11.7. The van der Waals surface area contributed by atoms with Crippen LogP contribution >= 0.6 is 0 Å². The third-order valence-electron chi connectivity index (χ3n) is 3.76. The lowest BCUT2D eigenvalue weighted by atomic mass is 10.1. The first kappa shape index (κ1) is 20.4. The Kier molecular flexibility index (Phi) is 11.6. The zero-order valence-corrected chi connectivity index (χ0v) is 14.8. The molecule has 0 aliphatic rings. The van der Waals surface area contributed by atoms with Gasteiger partial charge < -0.3 is 16.0 Å². The summed E-state index contributed by atoms with van der Waals surface area (Å²) in [4.78, 5) is 14.0. The first-order valence-corrected chi connectivity index (χ1v) is 8.61. The molecule has 1 unspecified atom stereocenters. The summed E-state index contributed by atoms with van der Waals surface area (Å²) in [5, 5.41) is 3.25. The van der Waals surface area contributed by atoms with E-state index in [9.17, 15) is 4.79 Å². The molecule has 0 radical (unpaired) electrons. The summed E-state index contributed by atoms with van der Waals surface area (Å²) in [5.41, 5.74) is 5.49. The van der Waals surface area contributed by atoms with E-state index in [2.05, 4.69) is 44.8 Å². The van der Waals surface area contributed by atoms with Gasteiger partial charge in [-0.3, -0.25) is 4.79 Å². The van der Waals surface area contributed by atoms with E-state index in [0.717, 1.165) is 50.9 Å². The van der Waals surface area contributed by atoms with Crippen LogP contribution in [-0.4, -0.2) is 43.0 Å². The Bertz CT molecular complexity index is 255. The number of hydrogen-bond acceptors (Lipinski definition) is 3. The zero-order valence-electron chi connectivity index (χ0n) is 14.8. The highest BCUT2D eigenvalue weighted by Gasteiger charge is 2.16. The highest BCUT2D eigenvalue weighted by molar-refractivity contribution is 5.79. The summed E-state index contributed by atoms with van der Waals surface area (Å²) in [5.74, 6) is 1.21.